The molecule has 1 N–H and O–H groups in total. The minimum atomic E-state index is -3.42. The zero-order valence-corrected chi connectivity index (χ0v) is 16.3. The van der Waals surface area contributed by atoms with Crippen LogP contribution in [-0.2, 0) is 14.6 Å². The quantitative estimate of drug-likeness (QED) is 0.656. The highest BCUT2D eigenvalue weighted by atomic mass is 32.2. The molecule has 1 heterocycles. The number of rotatable bonds is 5. The molecule has 6 nitrogen and oxygen atoms in total. The Balaban J connectivity index is 2.00. The van der Waals surface area contributed by atoms with E-state index in [2.05, 4.69) is 5.32 Å². The van der Waals surface area contributed by atoms with Crippen LogP contribution in [-0.4, -0.2) is 33.2 Å². The van der Waals surface area contributed by atoms with E-state index in [0.29, 0.717) is 10.4 Å². The monoisotopic (exact) mass is 403 g/mol. The highest BCUT2D eigenvalue weighted by Crippen LogP contribution is 2.36. The van der Waals surface area contributed by atoms with Gasteiger partial charge in [-0.25, -0.2) is 13.2 Å². The van der Waals surface area contributed by atoms with E-state index in [1.54, 1.807) is 19.1 Å². The number of carbonyl (C=O) groups is 2. The van der Waals surface area contributed by atoms with Crippen molar-refractivity contribution < 1.29 is 22.7 Å². The maximum atomic E-state index is 12.7. The Morgan fingerprint density at radius 1 is 1.11 bits per heavy atom. The lowest BCUT2D eigenvalue weighted by atomic mass is 10.1. The molecule has 0 spiro atoms. The molecule has 27 heavy (non-hydrogen) atoms. The zero-order valence-electron chi connectivity index (χ0n) is 14.7. The lowest BCUT2D eigenvalue weighted by Crippen LogP contribution is -2.15. The van der Waals surface area contributed by atoms with E-state index in [9.17, 15) is 18.0 Å². The van der Waals surface area contributed by atoms with Crippen LogP contribution in [0.25, 0.3) is 10.1 Å². The van der Waals surface area contributed by atoms with Gasteiger partial charge in [-0.1, -0.05) is 31.2 Å². The van der Waals surface area contributed by atoms with E-state index < -0.39 is 21.7 Å². The summed E-state index contributed by atoms with van der Waals surface area (Å²) in [6, 6.07) is 13.1. The van der Waals surface area contributed by atoms with Crippen LogP contribution in [0.4, 0.5) is 5.00 Å². The number of sulfone groups is 1. The van der Waals surface area contributed by atoms with E-state index in [0.717, 1.165) is 4.70 Å². The molecular formula is C19H17NO5S2. The molecule has 0 aliphatic carbocycles. The first kappa shape index (κ1) is 19.1. The van der Waals surface area contributed by atoms with Crippen LogP contribution >= 0.6 is 11.3 Å². The predicted molar refractivity (Wildman–Crippen MR) is 105 cm³/mol. The number of benzene rings is 2. The molecule has 3 rings (SSSR count). The number of hydrogen-bond donors (Lipinski definition) is 1. The second kappa shape index (κ2) is 7.50. The summed E-state index contributed by atoms with van der Waals surface area (Å²) in [5.74, 6) is -1.11. The standard InChI is InChI=1S/C19H17NO5S2/c1-3-27(23,24)13-8-6-7-12(11-13)17(21)20-18-16(19(22)25-2)14-9-4-5-10-15(14)26-18/h4-11H,3H2,1-2H3,(H,20,21). The molecule has 0 saturated carbocycles. The third kappa shape index (κ3) is 3.72. The summed E-state index contributed by atoms with van der Waals surface area (Å²) in [5, 5.41) is 3.76. The Kier molecular flexibility index (Phi) is 5.29. The maximum absolute atomic E-state index is 12.7. The van der Waals surface area contributed by atoms with Gasteiger partial charge in [0.2, 0.25) is 0 Å². The molecule has 0 aliphatic rings. The first-order chi connectivity index (χ1) is 12.9. The molecule has 1 aromatic heterocycles. The van der Waals surface area contributed by atoms with Gasteiger partial charge in [0.25, 0.3) is 5.91 Å². The Labute approximate surface area is 160 Å². The van der Waals surface area contributed by atoms with Gasteiger partial charge in [0.1, 0.15) is 10.6 Å². The van der Waals surface area contributed by atoms with Crippen molar-refractivity contribution in [2.45, 2.75) is 11.8 Å². The molecule has 140 valence electrons. The molecule has 0 atom stereocenters. The van der Waals surface area contributed by atoms with Crippen molar-refractivity contribution in [1.29, 1.82) is 0 Å². The van der Waals surface area contributed by atoms with Gasteiger partial charge in [-0.2, -0.15) is 0 Å². The van der Waals surface area contributed by atoms with Gasteiger partial charge in [-0.05, 0) is 24.3 Å². The number of amides is 1. The van der Waals surface area contributed by atoms with Crippen molar-refractivity contribution in [3.05, 3.63) is 59.7 Å². The van der Waals surface area contributed by atoms with Crippen molar-refractivity contribution in [1.82, 2.24) is 0 Å². The van der Waals surface area contributed by atoms with Crippen molar-refractivity contribution in [3.63, 3.8) is 0 Å². The largest absolute Gasteiger partial charge is 0.465 e. The Hall–Kier alpha value is -2.71. The number of fused-ring (bicyclic) bond motifs is 1. The number of hydrogen-bond acceptors (Lipinski definition) is 6. The summed E-state index contributed by atoms with van der Waals surface area (Å²) in [6.45, 7) is 1.54. The van der Waals surface area contributed by atoms with Gasteiger partial charge < -0.3 is 10.1 Å². The second-order valence-corrected chi connectivity index (χ2v) is 9.01. The number of thiophene rings is 1. The second-order valence-electron chi connectivity index (χ2n) is 5.68. The third-order valence-corrected chi connectivity index (χ3v) is 6.87. The van der Waals surface area contributed by atoms with Gasteiger partial charge in [-0.15, -0.1) is 11.3 Å². The molecule has 0 saturated heterocycles. The van der Waals surface area contributed by atoms with Crippen LogP contribution in [0.15, 0.2) is 53.4 Å². The molecular weight excluding hydrogens is 386 g/mol. The molecule has 2 aromatic carbocycles. The maximum Gasteiger partial charge on any atom is 0.341 e. The van der Waals surface area contributed by atoms with Crippen molar-refractivity contribution in [3.8, 4) is 0 Å². The summed E-state index contributed by atoms with van der Waals surface area (Å²) in [7, 11) is -2.15. The van der Waals surface area contributed by atoms with E-state index in [1.807, 2.05) is 12.1 Å². The van der Waals surface area contributed by atoms with E-state index in [1.165, 1.54) is 42.7 Å². The van der Waals surface area contributed by atoms with Crippen LogP contribution < -0.4 is 5.32 Å². The smallest absolute Gasteiger partial charge is 0.341 e. The molecule has 1 amide bonds. The van der Waals surface area contributed by atoms with Gasteiger partial charge in [-0.3, -0.25) is 4.79 Å². The third-order valence-electron chi connectivity index (χ3n) is 4.05. The molecule has 0 fully saturated rings. The fourth-order valence-corrected chi connectivity index (χ4v) is 4.62. The number of anilines is 1. The number of methoxy groups -OCH3 is 1. The van der Waals surface area contributed by atoms with Gasteiger partial charge in [0, 0.05) is 15.6 Å². The summed E-state index contributed by atoms with van der Waals surface area (Å²) < 4.78 is 29.8. The SMILES string of the molecule is CCS(=O)(=O)c1cccc(C(=O)Nc2sc3ccccc3c2C(=O)OC)c1. The van der Waals surface area contributed by atoms with Crippen LogP contribution in [0.3, 0.4) is 0 Å². The fourth-order valence-electron chi connectivity index (χ4n) is 2.61. The van der Waals surface area contributed by atoms with Gasteiger partial charge in [0.15, 0.2) is 9.84 Å². The topological polar surface area (TPSA) is 89.5 Å². The first-order valence-corrected chi connectivity index (χ1v) is 10.6. The van der Waals surface area contributed by atoms with Crippen molar-refractivity contribution >= 4 is 48.1 Å². The number of ether oxygens (including phenoxy) is 1. The summed E-state index contributed by atoms with van der Waals surface area (Å²) in [5.41, 5.74) is 0.474. The van der Waals surface area contributed by atoms with Crippen molar-refractivity contribution in [2.24, 2.45) is 0 Å². The van der Waals surface area contributed by atoms with Crippen LogP contribution in [0.2, 0.25) is 0 Å². The molecule has 0 radical (unpaired) electrons. The number of nitrogens with one attached hydrogen (secondary N) is 1. The lowest BCUT2D eigenvalue weighted by molar-refractivity contribution is 0.0604. The average Bonchev–Trinajstić information content (AvgIpc) is 3.05. The first-order valence-electron chi connectivity index (χ1n) is 8.11. The number of carbonyl (C=O) groups excluding carboxylic acids is 2. The zero-order chi connectivity index (χ0) is 19.6. The van der Waals surface area contributed by atoms with Crippen LogP contribution in [0, 0.1) is 0 Å². The molecule has 0 aliphatic heterocycles. The summed E-state index contributed by atoms with van der Waals surface area (Å²) in [6.07, 6.45) is 0. The van der Waals surface area contributed by atoms with E-state index in [4.69, 9.17) is 4.74 Å². The lowest BCUT2D eigenvalue weighted by Gasteiger charge is -2.07. The van der Waals surface area contributed by atoms with Crippen LogP contribution in [0.1, 0.15) is 27.6 Å². The minimum Gasteiger partial charge on any atom is -0.465 e. The Bertz CT molecular complexity index is 1130. The number of esters is 1. The molecule has 3 aromatic rings. The summed E-state index contributed by atoms with van der Waals surface area (Å²) >= 11 is 1.25. The van der Waals surface area contributed by atoms with Crippen molar-refractivity contribution in [2.75, 3.05) is 18.2 Å². The van der Waals surface area contributed by atoms with Gasteiger partial charge >= 0.3 is 5.97 Å². The molecule has 8 heteroatoms. The van der Waals surface area contributed by atoms with E-state index in [-0.39, 0.29) is 21.8 Å². The van der Waals surface area contributed by atoms with Crippen LogP contribution in [0.5, 0.6) is 0 Å². The highest BCUT2D eigenvalue weighted by Gasteiger charge is 2.22. The Morgan fingerprint density at radius 2 is 1.85 bits per heavy atom. The fraction of sp³-hybridized carbons (Fsp3) is 0.158. The molecule has 0 unspecified atom stereocenters. The van der Waals surface area contributed by atoms with Gasteiger partial charge in [0.05, 0.1) is 17.8 Å². The molecule has 0 bridgehead atoms. The predicted octanol–water partition coefficient (Wildman–Crippen LogP) is 3.73. The average molecular weight is 403 g/mol. The van der Waals surface area contributed by atoms with E-state index >= 15 is 0 Å². The summed E-state index contributed by atoms with van der Waals surface area (Å²) in [4.78, 5) is 25.0. The minimum absolute atomic E-state index is 0.0547. The normalized spacial score (nSPS) is 11.3. The highest BCUT2D eigenvalue weighted by molar-refractivity contribution is 7.91. The Morgan fingerprint density at radius 3 is 2.56 bits per heavy atom.